The molecule has 0 aliphatic carbocycles. The van der Waals surface area contributed by atoms with Crippen molar-refractivity contribution in [3.05, 3.63) is 0 Å². The molecule has 2 rings (SSSR count). The van der Waals surface area contributed by atoms with Crippen LogP contribution in [0.2, 0.25) is 0 Å². The summed E-state index contributed by atoms with van der Waals surface area (Å²) < 4.78 is 5.37. The third kappa shape index (κ3) is 3.33. The van der Waals surface area contributed by atoms with E-state index in [1.807, 2.05) is 4.90 Å². The lowest BCUT2D eigenvalue weighted by Crippen LogP contribution is -2.40. The van der Waals surface area contributed by atoms with Gasteiger partial charge in [-0.25, -0.2) is 0 Å². The number of ether oxygens (including phenoxy) is 1. The maximum Gasteiger partial charge on any atom is 0.228 e. The first-order valence-corrected chi connectivity index (χ1v) is 6.21. The van der Waals surface area contributed by atoms with Crippen LogP contribution in [0.3, 0.4) is 0 Å². The molecule has 2 atom stereocenters. The fraction of sp³-hybridized carbons (Fsp3) is 0.917. The lowest BCUT2D eigenvalue weighted by molar-refractivity contribution is -0.139. The fourth-order valence-corrected chi connectivity index (χ4v) is 2.57. The summed E-state index contributed by atoms with van der Waals surface area (Å²) in [4.78, 5) is 14.2. The maximum atomic E-state index is 12.2. The van der Waals surface area contributed by atoms with Gasteiger partial charge in [-0.15, -0.1) is 12.4 Å². The van der Waals surface area contributed by atoms with E-state index in [9.17, 15) is 4.79 Å². The summed E-state index contributed by atoms with van der Waals surface area (Å²) in [7, 11) is 0. The van der Waals surface area contributed by atoms with Crippen LogP contribution in [0.5, 0.6) is 0 Å². The van der Waals surface area contributed by atoms with Crippen LogP contribution >= 0.6 is 12.4 Å². The second kappa shape index (κ2) is 6.03. The molecule has 5 heteroatoms. The Balaban J connectivity index is 0.00000144. The summed E-state index contributed by atoms with van der Waals surface area (Å²) in [5.41, 5.74) is 5.88. The SMILES string of the molecule is CC1(CN)CCN(C(=O)C2CCCOC2)C1.Cl. The van der Waals surface area contributed by atoms with Gasteiger partial charge in [0.05, 0.1) is 12.5 Å². The highest BCUT2D eigenvalue weighted by atomic mass is 35.5. The van der Waals surface area contributed by atoms with Crippen molar-refractivity contribution in [3.8, 4) is 0 Å². The molecule has 2 fully saturated rings. The van der Waals surface area contributed by atoms with Crippen LogP contribution in [-0.2, 0) is 9.53 Å². The van der Waals surface area contributed by atoms with Crippen molar-refractivity contribution >= 4 is 18.3 Å². The predicted molar refractivity (Wildman–Crippen MR) is 69.1 cm³/mol. The molecule has 2 heterocycles. The number of amides is 1. The van der Waals surface area contributed by atoms with Crippen molar-refractivity contribution in [1.29, 1.82) is 0 Å². The van der Waals surface area contributed by atoms with Crippen molar-refractivity contribution in [2.75, 3.05) is 32.8 Å². The summed E-state index contributed by atoms with van der Waals surface area (Å²) in [6, 6.07) is 0. The average molecular weight is 263 g/mol. The lowest BCUT2D eigenvalue weighted by Gasteiger charge is -2.28. The standard InChI is InChI=1S/C12H22N2O2.ClH/c1-12(8-13)4-5-14(9-12)11(15)10-3-2-6-16-7-10;/h10H,2-9,13H2,1H3;1H. The van der Waals surface area contributed by atoms with Crippen molar-refractivity contribution in [2.24, 2.45) is 17.1 Å². The third-order valence-electron chi connectivity index (χ3n) is 3.87. The summed E-state index contributed by atoms with van der Waals surface area (Å²) in [5, 5.41) is 0. The second-order valence-corrected chi connectivity index (χ2v) is 5.44. The topological polar surface area (TPSA) is 55.6 Å². The van der Waals surface area contributed by atoms with E-state index in [-0.39, 0.29) is 29.6 Å². The maximum absolute atomic E-state index is 12.2. The van der Waals surface area contributed by atoms with Crippen LogP contribution in [0.25, 0.3) is 0 Å². The van der Waals surface area contributed by atoms with Crippen LogP contribution < -0.4 is 5.73 Å². The second-order valence-electron chi connectivity index (χ2n) is 5.44. The molecule has 1 amide bonds. The first-order valence-electron chi connectivity index (χ1n) is 6.21. The zero-order valence-electron chi connectivity index (χ0n) is 10.5. The molecule has 2 aliphatic rings. The van der Waals surface area contributed by atoms with Gasteiger partial charge in [-0.2, -0.15) is 0 Å². The largest absolute Gasteiger partial charge is 0.381 e. The zero-order chi connectivity index (χ0) is 11.6. The molecule has 17 heavy (non-hydrogen) atoms. The number of hydrogen-bond donors (Lipinski definition) is 1. The van der Waals surface area contributed by atoms with E-state index >= 15 is 0 Å². The fourth-order valence-electron chi connectivity index (χ4n) is 2.57. The molecule has 0 aromatic rings. The van der Waals surface area contributed by atoms with Crippen molar-refractivity contribution < 1.29 is 9.53 Å². The summed E-state index contributed by atoms with van der Waals surface area (Å²) in [5.74, 6) is 0.366. The molecule has 0 spiro atoms. The summed E-state index contributed by atoms with van der Waals surface area (Å²) in [6.07, 6.45) is 3.02. The Morgan fingerprint density at radius 2 is 2.35 bits per heavy atom. The predicted octanol–water partition coefficient (Wildman–Crippen LogP) is 1.03. The first kappa shape index (κ1) is 14.7. The first-order chi connectivity index (χ1) is 7.64. The molecule has 0 aromatic heterocycles. The quantitative estimate of drug-likeness (QED) is 0.809. The lowest BCUT2D eigenvalue weighted by atomic mass is 9.90. The normalized spacial score (nSPS) is 33.3. The van der Waals surface area contributed by atoms with Crippen LogP contribution in [0.15, 0.2) is 0 Å². The van der Waals surface area contributed by atoms with Crippen molar-refractivity contribution in [1.82, 2.24) is 4.90 Å². The highest BCUT2D eigenvalue weighted by Gasteiger charge is 2.37. The molecule has 0 bridgehead atoms. The van der Waals surface area contributed by atoms with Gasteiger partial charge in [0, 0.05) is 19.7 Å². The summed E-state index contributed by atoms with van der Waals surface area (Å²) >= 11 is 0. The van der Waals surface area contributed by atoms with E-state index in [1.165, 1.54) is 0 Å². The Kier molecular flexibility index (Phi) is 5.22. The minimum absolute atomic E-state index is 0. The van der Waals surface area contributed by atoms with Gasteiger partial charge in [-0.3, -0.25) is 4.79 Å². The van der Waals surface area contributed by atoms with E-state index in [2.05, 4.69) is 6.92 Å². The van der Waals surface area contributed by atoms with Crippen LogP contribution in [0, 0.1) is 11.3 Å². The zero-order valence-corrected chi connectivity index (χ0v) is 11.3. The van der Waals surface area contributed by atoms with Gasteiger partial charge in [0.15, 0.2) is 0 Å². The number of hydrogen-bond acceptors (Lipinski definition) is 3. The van der Waals surface area contributed by atoms with Crippen molar-refractivity contribution in [2.45, 2.75) is 26.2 Å². The minimum atomic E-state index is 0. The average Bonchev–Trinajstić information content (AvgIpc) is 2.73. The number of likely N-dealkylation sites (tertiary alicyclic amines) is 1. The van der Waals surface area contributed by atoms with Crippen LogP contribution in [0.1, 0.15) is 26.2 Å². The Labute approximate surface area is 109 Å². The number of carbonyl (C=O) groups excluding carboxylic acids is 1. The van der Waals surface area contributed by atoms with Crippen LogP contribution in [-0.4, -0.2) is 43.7 Å². The molecule has 0 aromatic carbocycles. The molecule has 2 saturated heterocycles. The molecule has 2 N–H and O–H groups in total. The molecule has 100 valence electrons. The Morgan fingerprint density at radius 3 is 2.88 bits per heavy atom. The molecule has 0 radical (unpaired) electrons. The van der Waals surface area contributed by atoms with Gasteiger partial charge in [0.1, 0.15) is 0 Å². The van der Waals surface area contributed by atoms with Crippen molar-refractivity contribution in [3.63, 3.8) is 0 Å². The van der Waals surface area contributed by atoms with E-state index < -0.39 is 0 Å². The van der Waals surface area contributed by atoms with Gasteiger partial charge in [-0.1, -0.05) is 6.92 Å². The van der Waals surface area contributed by atoms with E-state index in [0.29, 0.717) is 13.2 Å². The highest BCUT2D eigenvalue weighted by molar-refractivity contribution is 5.85. The number of nitrogens with two attached hydrogens (primary N) is 1. The molecular formula is C12H23ClN2O2. The molecule has 2 unspecified atom stereocenters. The monoisotopic (exact) mass is 262 g/mol. The van der Waals surface area contributed by atoms with E-state index in [1.54, 1.807) is 0 Å². The minimum Gasteiger partial charge on any atom is -0.381 e. The Bertz CT molecular complexity index is 269. The van der Waals surface area contributed by atoms with Gasteiger partial charge in [0.25, 0.3) is 0 Å². The Morgan fingerprint density at radius 1 is 1.59 bits per heavy atom. The molecular weight excluding hydrogens is 240 g/mol. The third-order valence-corrected chi connectivity index (χ3v) is 3.87. The van der Waals surface area contributed by atoms with Gasteiger partial charge >= 0.3 is 0 Å². The molecule has 0 saturated carbocycles. The number of rotatable bonds is 2. The Hall–Kier alpha value is -0.320. The van der Waals surface area contributed by atoms with E-state index in [0.717, 1.165) is 39.0 Å². The van der Waals surface area contributed by atoms with E-state index in [4.69, 9.17) is 10.5 Å². The van der Waals surface area contributed by atoms with Gasteiger partial charge in [-0.05, 0) is 31.2 Å². The summed E-state index contributed by atoms with van der Waals surface area (Å²) in [6.45, 7) is 5.93. The number of halogens is 1. The van der Waals surface area contributed by atoms with Gasteiger partial charge < -0.3 is 15.4 Å². The molecule has 2 aliphatic heterocycles. The number of nitrogens with zero attached hydrogens (tertiary/aromatic N) is 1. The number of carbonyl (C=O) groups is 1. The highest BCUT2D eigenvalue weighted by Crippen LogP contribution is 2.30. The molecule has 4 nitrogen and oxygen atoms in total. The van der Waals surface area contributed by atoms with Gasteiger partial charge in [0.2, 0.25) is 5.91 Å². The van der Waals surface area contributed by atoms with Crippen LogP contribution in [0.4, 0.5) is 0 Å². The smallest absolute Gasteiger partial charge is 0.228 e.